The molecule has 2 heterocycles. The largest absolute Gasteiger partial charge is 0.408 e. The highest BCUT2D eigenvalue weighted by molar-refractivity contribution is 7.71. The first kappa shape index (κ1) is 17.5. The van der Waals surface area contributed by atoms with Crippen LogP contribution in [0.2, 0.25) is 5.02 Å². The van der Waals surface area contributed by atoms with Gasteiger partial charge in [-0.2, -0.15) is 0 Å². The number of benzene rings is 2. The topological polar surface area (TPSA) is 102 Å². The molecule has 1 amide bonds. The number of hydrogen-bond donors (Lipinski definition) is 3. The quantitative estimate of drug-likeness (QED) is 0.210. The lowest BCUT2D eigenvalue weighted by atomic mass is 10.0. The second kappa shape index (κ2) is 6.99. The fourth-order valence-corrected chi connectivity index (χ4v) is 3.27. The number of carbonyl (C=O) groups is 1. The average molecular weight is 400 g/mol. The van der Waals surface area contributed by atoms with E-state index in [2.05, 4.69) is 10.1 Å². The summed E-state index contributed by atoms with van der Waals surface area (Å²) in [5.74, 6) is 4.97. The van der Waals surface area contributed by atoms with Gasteiger partial charge in [0.05, 0.1) is 0 Å². The lowest BCUT2D eigenvalue weighted by molar-refractivity contribution is -0.121. The second-order valence-corrected chi connectivity index (χ2v) is 6.61. The number of nitrogens with two attached hydrogens (primary N) is 1. The monoisotopic (exact) mass is 399 g/mol. The lowest BCUT2D eigenvalue weighted by Crippen LogP contribution is -2.33. The zero-order valence-electron chi connectivity index (χ0n) is 13.9. The molecule has 0 spiro atoms. The Morgan fingerprint density at radius 3 is 2.81 bits per heavy atom. The van der Waals surface area contributed by atoms with Crippen molar-refractivity contribution < 1.29 is 9.21 Å². The fourth-order valence-electron chi connectivity index (χ4n) is 2.92. The SMILES string of the molecule is NNC(=O)Cn1nc(-c2[nH]c3ccc(Cl)cc3c2-c2ccccc2)oc1=S. The van der Waals surface area contributed by atoms with E-state index in [1.54, 1.807) is 6.07 Å². The van der Waals surface area contributed by atoms with Crippen LogP contribution in [0.3, 0.4) is 0 Å². The first-order valence-electron chi connectivity index (χ1n) is 8.01. The highest BCUT2D eigenvalue weighted by atomic mass is 35.5. The minimum absolute atomic E-state index is 0.0734. The molecule has 2 aromatic heterocycles. The summed E-state index contributed by atoms with van der Waals surface area (Å²) in [5.41, 5.74) is 5.43. The summed E-state index contributed by atoms with van der Waals surface area (Å²) >= 11 is 11.4. The maximum atomic E-state index is 11.5. The van der Waals surface area contributed by atoms with Gasteiger partial charge in [0.2, 0.25) is 0 Å². The van der Waals surface area contributed by atoms with Crippen LogP contribution < -0.4 is 11.3 Å². The Hall–Kier alpha value is -2.94. The number of amides is 1. The van der Waals surface area contributed by atoms with Crippen LogP contribution in [0.15, 0.2) is 52.9 Å². The number of hydrogen-bond acceptors (Lipinski definition) is 5. The summed E-state index contributed by atoms with van der Waals surface area (Å²) in [6, 6.07) is 15.4. The molecule has 0 unspecified atom stereocenters. The predicted molar refractivity (Wildman–Crippen MR) is 105 cm³/mol. The van der Waals surface area contributed by atoms with Gasteiger partial charge in [0, 0.05) is 21.5 Å². The lowest BCUT2D eigenvalue weighted by Gasteiger charge is -2.02. The van der Waals surface area contributed by atoms with Crippen LogP contribution in [-0.2, 0) is 11.3 Å². The smallest absolute Gasteiger partial charge is 0.287 e. The van der Waals surface area contributed by atoms with E-state index in [0.717, 1.165) is 22.0 Å². The highest BCUT2D eigenvalue weighted by Crippen LogP contribution is 2.38. The molecule has 4 rings (SSSR count). The third kappa shape index (κ3) is 3.25. The molecule has 0 aliphatic carbocycles. The first-order chi connectivity index (χ1) is 13.1. The maximum absolute atomic E-state index is 11.5. The van der Waals surface area contributed by atoms with Crippen molar-refractivity contribution in [1.29, 1.82) is 0 Å². The summed E-state index contributed by atoms with van der Waals surface area (Å²) in [6.07, 6.45) is 0. The van der Waals surface area contributed by atoms with Crippen molar-refractivity contribution in [1.82, 2.24) is 20.2 Å². The molecular formula is C18H14ClN5O2S. The Balaban J connectivity index is 1.93. The van der Waals surface area contributed by atoms with Crippen molar-refractivity contribution in [3.05, 3.63) is 58.4 Å². The van der Waals surface area contributed by atoms with Gasteiger partial charge in [0.1, 0.15) is 12.2 Å². The number of aromatic nitrogens is 3. The van der Waals surface area contributed by atoms with Crippen molar-refractivity contribution in [3.63, 3.8) is 0 Å². The molecule has 0 saturated heterocycles. The van der Waals surface area contributed by atoms with Crippen molar-refractivity contribution in [2.45, 2.75) is 6.54 Å². The summed E-state index contributed by atoms with van der Waals surface area (Å²) in [4.78, 5) is 14.9. The van der Waals surface area contributed by atoms with Crippen LogP contribution in [-0.4, -0.2) is 20.7 Å². The molecule has 0 aliphatic rings. The average Bonchev–Trinajstić information content (AvgIpc) is 3.22. The molecule has 0 atom stereocenters. The van der Waals surface area contributed by atoms with Gasteiger partial charge in [-0.25, -0.2) is 10.5 Å². The summed E-state index contributed by atoms with van der Waals surface area (Å²) in [5, 5.41) is 5.89. The van der Waals surface area contributed by atoms with Crippen LogP contribution in [0.5, 0.6) is 0 Å². The van der Waals surface area contributed by atoms with Gasteiger partial charge >= 0.3 is 0 Å². The second-order valence-electron chi connectivity index (χ2n) is 5.83. The van der Waals surface area contributed by atoms with Gasteiger partial charge in [-0.15, -0.1) is 5.10 Å². The standard InChI is InChI=1S/C18H14ClN5O2S/c19-11-6-7-13-12(8-11)15(10-4-2-1-3-5-10)16(21-13)17-23-24(18(27)26-17)9-14(25)22-20/h1-8,21H,9,20H2,(H,22,25). The number of aromatic amines is 1. The minimum atomic E-state index is -0.433. The highest BCUT2D eigenvalue weighted by Gasteiger charge is 2.20. The van der Waals surface area contributed by atoms with Crippen LogP contribution in [0.1, 0.15) is 0 Å². The van der Waals surface area contributed by atoms with Crippen LogP contribution >= 0.6 is 23.8 Å². The number of fused-ring (bicyclic) bond motifs is 1. The van der Waals surface area contributed by atoms with Crippen molar-refractivity contribution >= 4 is 40.6 Å². The number of halogens is 1. The van der Waals surface area contributed by atoms with Gasteiger partial charge in [-0.3, -0.25) is 10.2 Å². The van der Waals surface area contributed by atoms with Gasteiger partial charge in [0.15, 0.2) is 0 Å². The Morgan fingerprint density at radius 1 is 1.30 bits per heavy atom. The number of carbonyl (C=O) groups excluding carboxylic acids is 1. The summed E-state index contributed by atoms with van der Waals surface area (Å²) in [7, 11) is 0. The van der Waals surface area contributed by atoms with Crippen molar-refractivity contribution in [2.75, 3.05) is 0 Å². The zero-order valence-corrected chi connectivity index (χ0v) is 15.5. The molecule has 4 aromatic rings. The van der Waals surface area contributed by atoms with Gasteiger partial charge < -0.3 is 9.40 Å². The third-order valence-electron chi connectivity index (χ3n) is 4.10. The number of nitrogens with zero attached hydrogens (tertiary/aromatic N) is 2. The van der Waals surface area contributed by atoms with Gasteiger partial charge in [-0.05, 0) is 36.0 Å². The van der Waals surface area contributed by atoms with Crippen LogP contribution in [0, 0.1) is 4.84 Å². The normalized spacial score (nSPS) is 11.0. The third-order valence-corrected chi connectivity index (χ3v) is 4.63. The van der Waals surface area contributed by atoms with E-state index < -0.39 is 5.91 Å². The van der Waals surface area contributed by atoms with E-state index in [4.69, 9.17) is 34.1 Å². The maximum Gasteiger partial charge on any atom is 0.287 e. The molecular weight excluding hydrogens is 386 g/mol. The molecule has 2 aromatic carbocycles. The zero-order chi connectivity index (χ0) is 19.0. The number of nitrogens with one attached hydrogen (secondary N) is 2. The molecule has 0 radical (unpaired) electrons. The van der Waals surface area contributed by atoms with Gasteiger partial charge in [0.25, 0.3) is 16.6 Å². The van der Waals surface area contributed by atoms with Crippen LogP contribution in [0.25, 0.3) is 33.6 Å². The summed E-state index contributed by atoms with van der Waals surface area (Å²) < 4.78 is 6.93. The van der Waals surface area contributed by atoms with E-state index in [9.17, 15) is 4.79 Å². The van der Waals surface area contributed by atoms with Gasteiger partial charge in [-0.1, -0.05) is 41.9 Å². The number of rotatable bonds is 4. The van der Waals surface area contributed by atoms with E-state index >= 15 is 0 Å². The molecule has 9 heteroatoms. The summed E-state index contributed by atoms with van der Waals surface area (Å²) in [6.45, 7) is -0.133. The Bertz CT molecular complexity index is 1200. The number of hydrazine groups is 1. The first-order valence-corrected chi connectivity index (χ1v) is 8.80. The van der Waals surface area contributed by atoms with E-state index in [-0.39, 0.29) is 17.3 Å². The Labute approximate surface area is 163 Å². The molecule has 7 nitrogen and oxygen atoms in total. The molecule has 27 heavy (non-hydrogen) atoms. The van der Waals surface area contributed by atoms with Crippen molar-refractivity contribution in [3.8, 4) is 22.7 Å². The van der Waals surface area contributed by atoms with E-state index in [1.165, 1.54) is 4.68 Å². The number of H-pyrrole nitrogens is 1. The Morgan fingerprint density at radius 2 is 2.07 bits per heavy atom. The molecule has 0 bridgehead atoms. The molecule has 0 saturated carbocycles. The van der Waals surface area contributed by atoms with E-state index in [0.29, 0.717) is 10.7 Å². The molecule has 0 aliphatic heterocycles. The predicted octanol–water partition coefficient (Wildman–Crippen LogP) is 3.66. The van der Waals surface area contributed by atoms with E-state index in [1.807, 2.05) is 47.9 Å². The fraction of sp³-hybridized carbons (Fsp3) is 0.0556. The molecule has 0 fully saturated rings. The molecule has 136 valence electrons. The minimum Gasteiger partial charge on any atom is -0.408 e. The van der Waals surface area contributed by atoms with Crippen LogP contribution in [0.4, 0.5) is 0 Å². The Kier molecular flexibility index (Phi) is 4.53. The molecule has 4 N–H and O–H groups in total. The van der Waals surface area contributed by atoms with Crippen molar-refractivity contribution in [2.24, 2.45) is 5.84 Å².